The third-order valence-electron chi connectivity index (χ3n) is 5.52. The zero-order chi connectivity index (χ0) is 19.4. The molecule has 146 valence electrons. The number of carbonyl (C=O) groups excluding carboxylic acids is 1. The minimum atomic E-state index is -0.000537. The molecule has 2 aromatic rings. The van der Waals surface area contributed by atoms with E-state index in [9.17, 15) is 4.79 Å². The van der Waals surface area contributed by atoms with Gasteiger partial charge < -0.3 is 9.73 Å². The van der Waals surface area contributed by atoms with Crippen molar-refractivity contribution in [2.24, 2.45) is 5.92 Å². The van der Waals surface area contributed by atoms with Gasteiger partial charge in [-0.2, -0.15) is 0 Å². The van der Waals surface area contributed by atoms with Gasteiger partial charge in [-0.3, -0.25) is 9.69 Å². The topological polar surface area (TPSA) is 58.4 Å². The highest BCUT2D eigenvalue weighted by atomic mass is 16.4. The zero-order valence-electron chi connectivity index (χ0n) is 16.9. The van der Waals surface area contributed by atoms with Crippen molar-refractivity contribution in [3.8, 4) is 11.5 Å². The Kier molecular flexibility index (Phi) is 6.32. The van der Waals surface area contributed by atoms with Crippen LogP contribution in [0.25, 0.3) is 11.5 Å². The molecule has 1 aliphatic rings. The highest BCUT2D eigenvalue weighted by Crippen LogP contribution is 2.23. The summed E-state index contributed by atoms with van der Waals surface area (Å²) in [5.41, 5.74) is 2.81. The average Bonchev–Trinajstić information content (AvgIpc) is 3.01. The molecule has 0 saturated carbocycles. The predicted molar refractivity (Wildman–Crippen MR) is 108 cm³/mol. The third kappa shape index (κ3) is 5.19. The van der Waals surface area contributed by atoms with Gasteiger partial charge in [-0.15, -0.1) is 0 Å². The standard InChI is InChI=1S/C22H31N3O2/c1-15-8-10-25(11-9-15)17(3)14-23-21(26)13-20-18(4)27-22(24-20)19-7-5-6-16(2)12-19/h5-7,12,15,17H,8-11,13-14H2,1-4H3,(H,23,26). The van der Waals surface area contributed by atoms with E-state index < -0.39 is 0 Å². The van der Waals surface area contributed by atoms with Gasteiger partial charge in [-0.1, -0.05) is 24.6 Å². The molecule has 0 aliphatic carbocycles. The Labute approximate surface area is 162 Å². The molecule has 0 radical (unpaired) electrons. The summed E-state index contributed by atoms with van der Waals surface area (Å²) in [5.74, 6) is 2.11. The van der Waals surface area contributed by atoms with Crippen LogP contribution in [0.5, 0.6) is 0 Å². The fourth-order valence-corrected chi connectivity index (χ4v) is 3.57. The molecule has 2 heterocycles. The number of hydrogen-bond acceptors (Lipinski definition) is 4. The van der Waals surface area contributed by atoms with Gasteiger partial charge in [0.25, 0.3) is 0 Å². The summed E-state index contributed by atoms with van der Waals surface area (Å²) in [5, 5.41) is 3.06. The molecule has 27 heavy (non-hydrogen) atoms. The number of likely N-dealkylation sites (tertiary alicyclic amines) is 1. The van der Waals surface area contributed by atoms with Gasteiger partial charge in [0.1, 0.15) is 5.76 Å². The molecule has 1 atom stereocenters. The summed E-state index contributed by atoms with van der Waals surface area (Å²) in [6, 6.07) is 8.40. The summed E-state index contributed by atoms with van der Waals surface area (Å²) in [6.07, 6.45) is 2.75. The van der Waals surface area contributed by atoms with Crippen molar-refractivity contribution in [1.82, 2.24) is 15.2 Å². The van der Waals surface area contributed by atoms with Gasteiger partial charge in [0, 0.05) is 18.2 Å². The van der Waals surface area contributed by atoms with Crippen LogP contribution in [0, 0.1) is 19.8 Å². The number of hydrogen-bond donors (Lipinski definition) is 1. The van der Waals surface area contributed by atoms with Crippen LogP contribution in [-0.2, 0) is 11.2 Å². The maximum Gasteiger partial charge on any atom is 0.226 e. The van der Waals surface area contributed by atoms with Crippen molar-refractivity contribution in [3.05, 3.63) is 41.3 Å². The van der Waals surface area contributed by atoms with E-state index >= 15 is 0 Å². The summed E-state index contributed by atoms with van der Waals surface area (Å²) in [6.45, 7) is 11.3. The maximum absolute atomic E-state index is 12.4. The highest BCUT2D eigenvalue weighted by Gasteiger charge is 2.21. The summed E-state index contributed by atoms with van der Waals surface area (Å²) >= 11 is 0. The van der Waals surface area contributed by atoms with Crippen molar-refractivity contribution in [3.63, 3.8) is 0 Å². The summed E-state index contributed by atoms with van der Waals surface area (Å²) in [4.78, 5) is 19.4. The normalized spacial score (nSPS) is 17.0. The third-order valence-corrected chi connectivity index (χ3v) is 5.52. The number of aromatic nitrogens is 1. The van der Waals surface area contributed by atoms with Crippen molar-refractivity contribution in [2.75, 3.05) is 19.6 Å². The van der Waals surface area contributed by atoms with E-state index in [1.54, 1.807) is 0 Å². The fourth-order valence-electron chi connectivity index (χ4n) is 3.57. The Balaban J connectivity index is 1.53. The number of oxazole rings is 1. The molecular weight excluding hydrogens is 338 g/mol. The Morgan fingerprint density at radius 1 is 1.33 bits per heavy atom. The van der Waals surface area contributed by atoms with Crippen LogP contribution < -0.4 is 5.32 Å². The quantitative estimate of drug-likeness (QED) is 0.843. The Bertz CT molecular complexity index is 776. The van der Waals surface area contributed by atoms with Crippen LogP contribution in [0.1, 0.15) is 43.7 Å². The van der Waals surface area contributed by atoms with Gasteiger partial charge in [0.05, 0.1) is 12.1 Å². The van der Waals surface area contributed by atoms with Crippen molar-refractivity contribution in [1.29, 1.82) is 0 Å². The number of aryl methyl sites for hydroxylation is 2. The first-order valence-electron chi connectivity index (χ1n) is 9.96. The first-order chi connectivity index (χ1) is 12.9. The molecule has 1 aromatic heterocycles. The maximum atomic E-state index is 12.4. The molecule has 1 N–H and O–H groups in total. The van der Waals surface area contributed by atoms with E-state index in [2.05, 4.69) is 29.0 Å². The lowest BCUT2D eigenvalue weighted by Crippen LogP contribution is -2.45. The van der Waals surface area contributed by atoms with Crippen LogP contribution in [0.3, 0.4) is 0 Å². The van der Waals surface area contributed by atoms with Crippen LogP contribution in [0.2, 0.25) is 0 Å². The Hall–Kier alpha value is -2.14. The lowest BCUT2D eigenvalue weighted by Gasteiger charge is -2.35. The zero-order valence-corrected chi connectivity index (χ0v) is 16.9. The Morgan fingerprint density at radius 2 is 2.07 bits per heavy atom. The minimum absolute atomic E-state index is 0.000537. The van der Waals surface area contributed by atoms with Gasteiger partial charge in [-0.05, 0) is 64.8 Å². The van der Waals surface area contributed by atoms with E-state index in [0.29, 0.717) is 29.9 Å². The molecule has 1 aromatic carbocycles. The number of nitrogens with zero attached hydrogens (tertiary/aromatic N) is 2. The second-order valence-electron chi connectivity index (χ2n) is 7.94. The van der Waals surface area contributed by atoms with Crippen molar-refractivity contribution < 1.29 is 9.21 Å². The smallest absolute Gasteiger partial charge is 0.226 e. The van der Waals surface area contributed by atoms with Crippen molar-refractivity contribution in [2.45, 2.75) is 53.0 Å². The number of carbonyl (C=O) groups is 1. The van der Waals surface area contributed by atoms with Crippen LogP contribution in [0.15, 0.2) is 28.7 Å². The molecule has 5 nitrogen and oxygen atoms in total. The number of piperidine rings is 1. The molecule has 1 amide bonds. The molecule has 3 rings (SSSR count). The number of amides is 1. The van der Waals surface area contributed by atoms with Gasteiger partial charge in [-0.25, -0.2) is 4.98 Å². The first-order valence-corrected chi connectivity index (χ1v) is 9.96. The lowest BCUT2D eigenvalue weighted by molar-refractivity contribution is -0.120. The van der Waals surface area contributed by atoms with Crippen LogP contribution >= 0.6 is 0 Å². The SMILES string of the molecule is Cc1cccc(-c2nc(CC(=O)NCC(C)N3CCC(C)CC3)c(C)o2)c1. The molecule has 0 bridgehead atoms. The van der Waals surface area contributed by atoms with E-state index in [1.165, 1.54) is 12.8 Å². The molecule has 1 aliphatic heterocycles. The molecule has 1 unspecified atom stereocenters. The van der Waals surface area contributed by atoms with Crippen LogP contribution in [0.4, 0.5) is 0 Å². The molecular formula is C22H31N3O2. The number of rotatable bonds is 6. The second kappa shape index (κ2) is 8.70. The average molecular weight is 370 g/mol. The fraction of sp³-hybridized carbons (Fsp3) is 0.545. The van der Waals surface area contributed by atoms with E-state index in [4.69, 9.17) is 4.42 Å². The van der Waals surface area contributed by atoms with E-state index in [-0.39, 0.29) is 12.3 Å². The molecule has 1 fully saturated rings. The van der Waals surface area contributed by atoms with E-state index in [1.807, 2.05) is 38.1 Å². The molecule has 5 heteroatoms. The minimum Gasteiger partial charge on any atom is -0.441 e. The Morgan fingerprint density at radius 3 is 2.78 bits per heavy atom. The summed E-state index contributed by atoms with van der Waals surface area (Å²) in [7, 11) is 0. The number of benzene rings is 1. The van der Waals surface area contributed by atoms with Gasteiger partial charge >= 0.3 is 0 Å². The van der Waals surface area contributed by atoms with Gasteiger partial charge in [0.2, 0.25) is 11.8 Å². The van der Waals surface area contributed by atoms with Crippen molar-refractivity contribution >= 4 is 5.91 Å². The monoisotopic (exact) mass is 369 g/mol. The number of nitrogens with one attached hydrogen (secondary N) is 1. The predicted octanol–water partition coefficient (Wildman–Crippen LogP) is 3.74. The highest BCUT2D eigenvalue weighted by molar-refractivity contribution is 5.78. The first kappa shape index (κ1) is 19.6. The largest absolute Gasteiger partial charge is 0.441 e. The lowest BCUT2D eigenvalue weighted by atomic mass is 9.98. The van der Waals surface area contributed by atoms with E-state index in [0.717, 1.165) is 30.1 Å². The van der Waals surface area contributed by atoms with Gasteiger partial charge in [0.15, 0.2) is 0 Å². The molecule has 0 spiro atoms. The van der Waals surface area contributed by atoms with Crippen LogP contribution in [-0.4, -0.2) is 41.5 Å². The second-order valence-corrected chi connectivity index (χ2v) is 7.94. The summed E-state index contributed by atoms with van der Waals surface area (Å²) < 4.78 is 5.79. The molecule has 1 saturated heterocycles.